The number of ether oxygens (including phenoxy) is 1. The minimum atomic E-state index is -0.135. The number of hydrogen-bond donors (Lipinski definition) is 1. The summed E-state index contributed by atoms with van der Waals surface area (Å²) in [5.74, 6) is 1.04. The first-order valence-corrected chi connectivity index (χ1v) is 6.62. The normalized spacial score (nSPS) is 12.9. The van der Waals surface area contributed by atoms with Gasteiger partial charge in [-0.3, -0.25) is 0 Å². The SMILES string of the molecule is CCC(OC)c1noc(-c2c(N)sc(C)c2C)n1. The summed E-state index contributed by atoms with van der Waals surface area (Å²) in [4.78, 5) is 5.55. The molecule has 98 valence electrons. The van der Waals surface area contributed by atoms with Crippen molar-refractivity contribution in [3.8, 4) is 11.5 Å². The van der Waals surface area contributed by atoms with Gasteiger partial charge >= 0.3 is 0 Å². The van der Waals surface area contributed by atoms with E-state index in [-0.39, 0.29) is 6.10 Å². The summed E-state index contributed by atoms with van der Waals surface area (Å²) in [5, 5.41) is 4.68. The van der Waals surface area contributed by atoms with Crippen molar-refractivity contribution in [2.45, 2.75) is 33.3 Å². The van der Waals surface area contributed by atoms with Crippen LogP contribution in [0.2, 0.25) is 0 Å². The molecule has 5 nitrogen and oxygen atoms in total. The first kappa shape index (κ1) is 13.0. The number of aromatic nitrogens is 2. The Bertz CT molecular complexity index is 544. The van der Waals surface area contributed by atoms with Gasteiger partial charge in [0.15, 0.2) is 0 Å². The molecule has 2 rings (SSSR count). The Morgan fingerprint density at radius 3 is 2.67 bits per heavy atom. The average Bonchev–Trinajstić information content (AvgIpc) is 2.88. The third kappa shape index (κ3) is 2.13. The molecule has 0 bridgehead atoms. The number of rotatable bonds is 4. The van der Waals surface area contributed by atoms with E-state index in [1.54, 1.807) is 7.11 Å². The second-order valence-corrected chi connectivity index (χ2v) is 5.37. The van der Waals surface area contributed by atoms with Crippen molar-refractivity contribution in [2.24, 2.45) is 0 Å². The van der Waals surface area contributed by atoms with Crippen molar-refractivity contribution >= 4 is 16.3 Å². The van der Waals surface area contributed by atoms with Crippen LogP contribution in [0.15, 0.2) is 4.52 Å². The van der Waals surface area contributed by atoms with Gasteiger partial charge in [-0.25, -0.2) is 0 Å². The largest absolute Gasteiger partial charge is 0.390 e. The number of nitrogen functional groups attached to an aromatic ring is 1. The number of anilines is 1. The molecule has 1 atom stereocenters. The number of nitrogens with zero attached hydrogens (tertiary/aromatic N) is 2. The molecule has 0 fully saturated rings. The molecule has 0 aromatic carbocycles. The number of thiophene rings is 1. The van der Waals surface area contributed by atoms with Crippen molar-refractivity contribution in [2.75, 3.05) is 12.8 Å². The van der Waals surface area contributed by atoms with E-state index in [2.05, 4.69) is 10.1 Å². The molecule has 0 saturated carbocycles. The number of methoxy groups -OCH3 is 1. The molecular formula is C12H17N3O2S. The Morgan fingerprint density at radius 2 is 2.17 bits per heavy atom. The van der Waals surface area contributed by atoms with E-state index >= 15 is 0 Å². The maximum absolute atomic E-state index is 5.98. The van der Waals surface area contributed by atoms with Gasteiger partial charge in [-0.05, 0) is 25.8 Å². The number of aryl methyl sites for hydroxylation is 1. The molecule has 0 saturated heterocycles. The Kier molecular flexibility index (Phi) is 3.68. The summed E-state index contributed by atoms with van der Waals surface area (Å²) in [6, 6.07) is 0. The van der Waals surface area contributed by atoms with Crippen LogP contribution in [0.4, 0.5) is 5.00 Å². The lowest BCUT2D eigenvalue weighted by atomic mass is 10.1. The van der Waals surface area contributed by atoms with Crippen molar-refractivity contribution in [1.29, 1.82) is 0 Å². The fourth-order valence-corrected chi connectivity index (χ4v) is 2.77. The molecule has 2 N–H and O–H groups in total. The van der Waals surface area contributed by atoms with Gasteiger partial charge in [0.1, 0.15) is 6.10 Å². The molecule has 2 aromatic heterocycles. The van der Waals surface area contributed by atoms with Gasteiger partial charge in [0.25, 0.3) is 5.89 Å². The monoisotopic (exact) mass is 267 g/mol. The lowest BCUT2D eigenvalue weighted by Crippen LogP contribution is -2.01. The Hall–Kier alpha value is -1.40. The van der Waals surface area contributed by atoms with E-state index in [9.17, 15) is 0 Å². The van der Waals surface area contributed by atoms with Crippen molar-refractivity contribution < 1.29 is 9.26 Å². The lowest BCUT2D eigenvalue weighted by Gasteiger charge is -2.06. The highest BCUT2D eigenvalue weighted by molar-refractivity contribution is 7.16. The number of hydrogen-bond acceptors (Lipinski definition) is 6. The molecule has 0 spiro atoms. The van der Waals surface area contributed by atoms with E-state index in [4.69, 9.17) is 15.0 Å². The summed E-state index contributed by atoms with van der Waals surface area (Å²) >= 11 is 1.54. The molecular weight excluding hydrogens is 250 g/mol. The van der Waals surface area contributed by atoms with E-state index in [1.165, 1.54) is 16.2 Å². The van der Waals surface area contributed by atoms with Crippen LogP contribution in [-0.4, -0.2) is 17.3 Å². The molecule has 6 heteroatoms. The Labute approximate surface area is 110 Å². The topological polar surface area (TPSA) is 74.2 Å². The standard InChI is InChI=1S/C12H17N3O2S/c1-5-8(16-4)11-14-12(17-15-11)9-6(2)7(3)18-10(9)13/h8H,5,13H2,1-4H3. The summed E-state index contributed by atoms with van der Waals surface area (Å²) in [6.07, 6.45) is 0.663. The van der Waals surface area contributed by atoms with E-state index in [1.807, 2.05) is 20.8 Å². The number of nitrogens with two attached hydrogens (primary N) is 1. The molecule has 0 aliphatic heterocycles. The zero-order valence-corrected chi connectivity index (χ0v) is 11.8. The third-order valence-corrected chi connectivity index (χ3v) is 4.05. The van der Waals surface area contributed by atoms with Gasteiger partial charge < -0.3 is 15.0 Å². The molecule has 18 heavy (non-hydrogen) atoms. The zero-order chi connectivity index (χ0) is 13.3. The van der Waals surface area contributed by atoms with Gasteiger partial charge in [0, 0.05) is 12.0 Å². The quantitative estimate of drug-likeness (QED) is 0.921. The van der Waals surface area contributed by atoms with Crippen molar-refractivity contribution in [3.05, 3.63) is 16.3 Å². The van der Waals surface area contributed by atoms with E-state index < -0.39 is 0 Å². The van der Waals surface area contributed by atoms with E-state index in [0.29, 0.717) is 16.7 Å². The molecule has 2 heterocycles. The van der Waals surface area contributed by atoms with Crippen LogP contribution in [0.1, 0.15) is 35.7 Å². The van der Waals surface area contributed by atoms with Crippen LogP contribution in [0.25, 0.3) is 11.5 Å². The second-order valence-electron chi connectivity index (χ2n) is 4.11. The predicted octanol–water partition coefficient (Wildman–Crippen LogP) is 3.09. The summed E-state index contributed by atoms with van der Waals surface area (Å²) < 4.78 is 10.6. The predicted molar refractivity (Wildman–Crippen MR) is 71.5 cm³/mol. The minimum absolute atomic E-state index is 0.135. The summed E-state index contributed by atoms with van der Waals surface area (Å²) in [5.41, 5.74) is 7.93. The second kappa shape index (κ2) is 5.07. The molecule has 0 aliphatic rings. The van der Waals surface area contributed by atoms with Crippen LogP contribution in [-0.2, 0) is 4.74 Å². The first-order valence-electron chi connectivity index (χ1n) is 5.80. The average molecular weight is 267 g/mol. The fraction of sp³-hybridized carbons (Fsp3) is 0.500. The van der Waals surface area contributed by atoms with Gasteiger partial charge in [-0.15, -0.1) is 11.3 Å². The Morgan fingerprint density at radius 1 is 1.44 bits per heavy atom. The fourth-order valence-electron chi connectivity index (χ4n) is 1.84. The third-order valence-electron chi connectivity index (χ3n) is 3.01. The highest BCUT2D eigenvalue weighted by Gasteiger charge is 2.21. The molecule has 0 aliphatic carbocycles. The molecule has 0 radical (unpaired) electrons. The molecule has 0 amide bonds. The van der Waals surface area contributed by atoms with Crippen LogP contribution in [0.5, 0.6) is 0 Å². The smallest absolute Gasteiger partial charge is 0.261 e. The minimum Gasteiger partial charge on any atom is -0.390 e. The molecule has 1 unspecified atom stereocenters. The van der Waals surface area contributed by atoms with Crippen molar-refractivity contribution in [1.82, 2.24) is 10.1 Å². The van der Waals surface area contributed by atoms with Crippen molar-refractivity contribution in [3.63, 3.8) is 0 Å². The highest BCUT2D eigenvalue weighted by Crippen LogP contribution is 2.37. The van der Waals surface area contributed by atoms with Crippen LogP contribution >= 0.6 is 11.3 Å². The summed E-state index contributed by atoms with van der Waals surface area (Å²) in [7, 11) is 1.64. The van der Waals surface area contributed by atoms with Gasteiger partial charge in [0.05, 0.1) is 10.6 Å². The summed E-state index contributed by atoms with van der Waals surface area (Å²) in [6.45, 7) is 6.05. The van der Waals surface area contributed by atoms with Gasteiger partial charge in [-0.2, -0.15) is 4.98 Å². The van der Waals surface area contributed by atoms with Crippen LogP contribution in [0, 0.1) is 13.8 Å². The lowest BCUT2D eigenvalue weighted by molar-refractivity contribution is 0.0903. The zero-order valence-electron chi connectivity index (χ0n) is 11.0. The first-order chi connectivity index (χ1) is 8.58. The maximum atomic E-state index is 5.98. The van der Waals surface area contributed by atoms with Crippen LogP contribution in [0.3, 0.4) is 0 Å². The van der Waals surface area contributed by atoms with Gasteiger partial charge in [-0.1, -0.05) is 12.1 Å². The van der Waals surface area contributed by atoms with Gasteiger partial charge in [0.2, 0.25) is 5.82 Å². The molecule has 2 aromatic rings. The van der Waals surface area contributed by atoms with E-state index in [0.717, 1.165) is 17.5 Å². The Balaban J connectivity index is 2.41. The van der Waals surface area contributed by atoms with Crippen LogP contribution < -0.4 is 5.73 Å². The highest BCUT2D eigenvalue weighted by atomic mass is 32.1. The maximum Gasteiger partial charge on any atom is 0.261 e.